The second-order valence-electron chi connectivity index (χ2n) is 4.42. The summed E-state index contributed by atoms with van der Waals surface area (Å²) in [7, 11) is 0. The normalized spacial score (nSPS) is 20.2. The van der Waals surface area contributed by atoms with Crippen molar-refractivity contribution in [1.82, 2.24) is 4.98 Å². The summed E-state index contributed by atoms with van der Waals surface area (Å²) in [6.07, 6.45) is -3.76. The van der Waals surface area contributed by atoms with Gasteiger partial charge in [-0.2, -0.15) is 13.2 Å². The molecule has 0 aromatic carbocycles. The van der Waals surface area contributed by atoms with Gasteiger partial charge in [0.2, 0.25) is 0 Å². The number of carbonyl (C=O) groups is 1. The summed E-state index contributed by atoms with van der Waals surface area (Å²) in [5, 5.41) is 0. The minimum absolute atomic E-state index is 0.0736. The molecular formula is C12H13F3N2O. The lowest BCUT2D eigenvalue weighted by Gasteiger charge is -2.18. The molecule has 1 aromatic rings. The lowest BCUT2D eigenvalue weighted by molar-refractivity contribution is -0.141. The van der Waals surface area contributed by atoms with E-state index in [-0.39, 0.29) is 17.5 Å². The number of alkyl halides is 3. The van der Waals surface area contributed by atoms with Crippen LogP contribution in [0.4, 0.5) is 19.0 Å². The smallest absolute Gasteiger partial charge is 0.356 e. The van der Waals surface area contributed by atoms with E-state index in [1.54, 1.807) is 4.90 Å². The van der Waals surface area contributed by atoms with Crippen LogP contribution in [0, 0.1) is 5.92 Å². The molecule has 0 amide bonds. The van der Waals surface area contributed by atoms with Crippen LogP contribution >= 0.6 is 0 Å². The van der Waals surface area contributed by atoms with E-state index in [4.69, 9.17) is 0 Å². The molecule has 18 heavy (non-hydrogen) atoms. The number of pyridine rings is 1. The Kier molecular flexibility index (Phi) is 3.28. The molecule has 1 aliphatic heterocycles. The van der Waals surface area contributed by atoms with E-state index in [2.05, 4.69) is 4.98 Å². The molecule has 2 rings (SSSR count). The quantitative estimate of drug-likeness (QED) is 0.817. The second kappa shape index (κ2) is 4.59. The molecule has 1 unspecified atom stereocenters. The van der Waals surface area contributed by atoms with Crippen molar-refractivity contribution in [1.29, 1.82) is 0 Å². The van der Waals surface area contributed by atoms with Crippen LogP contribution in [0.3, 0.4) is 0 Å². The van der Waals surface area contributed by atoms with Gasteiger partial charge in [0.25, 0.3) is 0 Å². The highest BCUT2D eigenvalue weighted by Crippen LogP contribution is 2.30. The minimum Gasteiger partial charge on any atom is -0.356 e. The van der Waals surface area contributed by atoms with Crippen LogP contribution in [0.5, 0.6) is 0 Å². The standard InChI is InChI=1S/C12H13F3N2O/c1-8(18)9-5-6-17(7-9)11-4-2-3-10(16-11)12(13,14)15/h2-4,9H,5-7H2,1H3. The maximum atomic E-state index is 12.5. The van der Waals surface area contributed by atoms with Crippen molar-refractivity contribution in [2.24, 2.45) is 5.92 Å². The van der Waals surface area contributed by atoms with Crippen molar-refractivity contribution in [3.8, 4) is 0 Å². The van der Waals surface area contributed by atoms with Crippen molar-refractivity contribution in [3.63, 3.8) is 0 Å². The lowest BCUT2D eigenvalue weighted by Crippen LogP contribution is -2.23. The number of hydrogen-bond donors (Lipinski definition) is 0. The maximum Gasteiger partial charge on any atom is 0.433 e. The van der Waals surface area contributed by atoms with Gasteiger partial charge in [-0.1, -0.05) is 6.07 Å². The molecule has 1 aliphatic rings. The highest BCUT2D eigenvalue weighted by Gasteiger charge is 2.33. The topological polar surface area (TPSA) is 33.2 Å². The SMILES string of the molecule is CC(=O)C1CCN(c2cccc(C(F)(F)F)n2)C1. The average Bonchev–Trinajstić information content (AvgIpc) is 2.77. The second-order valence-corrected chi connectivity index (χ2v) is 4.42. The zero-order valence-corrected chi connectivity index (χ0v) is 9.87. The molecule has 6 heteroatoms. The van der Waals surface area contributed by atoms with Crippen LogP contribution in [-0.4, -0.2) is 23.9 Å². The molecule has 0 aliphatic carbocycles. The zero-order chi connectivity index (χ0) is 13.3. The Morgan fingerprint density at radius 3 is 2.72 bits per heavy atom. The number of nitrogens with zero attached hydrogens (tertiary/aromatic N) is 2. The van der Waals surface area contributed by atoms with E-state index in [0.717, 1.165) is 6.07 Å². The first kappa shape index (κ1) is 12.9. The number of rotatable bonds is 2. The Morgan fingerprint density at radius 1 is 1.44 bits per heavy atom. The number of aromatic nitrogens is 1. The fourth-order valence-electron chi connectivity index (χ4n) is 2.06. The Balaban J connectivity index is 2.18. The van der Waals surface area contributed by atoms with Gasteiger partial charge in [0.1, 0.15) is 17.3 Å². The van der Waals surface area contributed by atoms with E-state index < -0.39 is 11.9 Å². The average molecular weight is 258 g/mol. The van der Waals surface area contributed by atoms with Crippen molar-refractivity contribution < 1.29 is 18.0 Å². The van der Waals surface area contributed by atoms with Crippen LogP contribution in [-0.2, 0) is 11.0 Å². The number of anilines is 1. The Morgan fingerprint density at radius 2 is 2.17 bits per heavy atom. The minimum atomic E-state index is -4.43. The third-order valence-corrected chi connectivity index (χ3v) is 3.11. The molecule has 0 spiro atoms. The monoisotopic (exact) mass is 258 g/mol. The van der Waals surface area contributed by atoms with E-state index >= 15 is 0 Å². The van der Waals surface area contributed by atoms with Crippen molar-refractivity contribution in [2.75, 3.05) is 18.0 Å². The zero-order valence-electron chi connectivity index (χ0n) is 9.87. The fraction of sp³-hybridized carbons (Fsp3) is 0.500. The Hall–Kier alpha value is -1.59. The van der Waals surface area contributed by atoms with Crippen LogP contribution in [0.15, 0.2) is 18.2 Å². The molecule has 1 atom stereocenters. The molecule has 1 saturated heterocycles. The number of hydrogen-bond acceptors (Lipinski definition) is 3. The Labute approximate surface area is 103 Å². The van der Waals surface area contributed by atoms with Crippen molar-refractivity contribution >= 4 is 11.6 Å². The van der Waals surface area contributed by atoms with Gasteiger partial charge in [0.15, 0.2) is 0 Å². The molecule has 3 nitrogen and oxygen atoms in total. The summed E-state index contributed by atoms with van der Waals surface area (Å²) in [4.78, 5) is 16.6. The predicted molar refractivity (Wildman–Crippen MR) is 60.2 cm³/mol. The lowest BCUT2D eigenvalue weighted by atomic mass is 10.1. The van der Waals surface area contributed by atoms with Gasteiger partial charge < -0.3 is 4.90 Å². The van der Waals surface area contributed by atoms with Crippen molar-refractivity contribution in [3.05, 3.63) is 23.9 Å². The molecule has 2 heterocycles. The van der Waals surface area contributed by atoms with Gasteiger partial charge in [-0.3, -0.25) is 4.79 Å². The van der Waals surface area contributed by atoms with E-state index in [1.807, 2.05) is 0 Å². The first-order valence-corrected chi connectivity index (χ1v) is 5.67. The molecule has 0 bridgehead atoms. The van der Waals surface area contributed by atoms with Gasteiger partial charge in [-0.25, -0.2) is 4.98 Å². The summed E-state index contributed by atoms with van der Waals surface area (Å²) < 4.78 is 37.6. The van der Waals surface area contributed by atoms with Crippen LogP contribution in [0.25, 0.3) is 0 Å². The maximum absolute atomic E-state index is 12.5. The largest absolute Gasteiger partial charge is 0.433 e. The molecule has 0 N–H and O–H groups in total. The number of Topliss-reactive ketones (excluding diaryl/α,β-unsaturated/α-hetero) is 1. The van der Waals surface area contributed by atoms with Gasteiger partial charge >= 0.3 is 6.18 Å². The predicted octanol–water partition coefficient (Wildman–Crippen LogP) is 2.52. The molecule has 1 fully saturated rings. The highest BCUT2D eigenvalue weighted by molar-refractivity contribution is 5.79. The summed E-state index contributed by atoms with van der Waals surface area (Å²) in [6, 6.07) is 3.83. The third-order valence-electron chi connectivity index (χ3n) is 3.11. The van der Waals surface area contributed by atoms with Crippen LogP contribution in [0.1, 0.15) is 19.0 Å². The molecule has 0 radical (unpaired) electrons. The summed E-state index contributed by atoms with van der Waals surface area (Å²) in [5.41, 5.74) is -0.897. The first-order valence-electron chi connectivity index (χ1n) is 5.67. The molecular weight excluding hydrogens is 245 g/mol. The number of carbonyl (C=O) groups excluding carboxylic acids is 1. The van der Waals surface area contributed by atoms with Crippen LogP contribution < -0.4 is 4.90 Å². The van der Waals surface area contributed by atoms with Crippen molar-refractivity contribution in [2.45, 2.75) is 19.5 Å². The Bertz CT molecular complexity index is 459. The van der Waals surface area contributed by atoms with E-state index in [0.29, 0.717) is 19.5 Å². The van der Waals surface area contributed by atoms with Crippen LogP contribution in [0.2, 0.25) is 0 Å². The van der Waals surface area contributed by atoms with Gasteiger partial charge in [0.05, 0.1) is 0 Å². The molecule has 1 aromatic heterocycles. The third kappa shape index (κ3) is 2.63. The summed E-state index contributed by atoms with van der Waals surface area (Å²) in [5.74, 6) is 0.263. The number of ketones is 1. The summed E-state index contributed by atoms with van der Waals surface area (Å²) >= 11 is 0. The van der Waals surface area contributed by atoms with Gasteiger partial charge in [-0.05, 0) is 25.5 Å². The first-order chi connectivity index (χ1) is 8.38. The molecule has 98 valence electrons. The summed E-state index contributed by atoms with van der Waals surface area (Å²) in [6.45, 7) is 2.52. The van der Waals surface area contributed by atoms with Gasteiger partial charge in [0, 0.05) is 19.0 Å². The van der Waals surface area contributed by atoms with E-state index in [9.17, 15) is 18.0 Å². The molecule has 0 saturated carbocycles. The highest BCUT2D eigenvalue weighted by atomic mass is 19.4. The van der Waals surface area contributed by atoms with E-state index in [1.165, 1.54) is 19.1 Å². The number of halogens is 3. The fourth-order valence-corrected chi connectivity index (χ4v) is 2.06. The van der Waals surface area contributed by atoms with Gasteiger partial charge in [-0.15, -0.1) is 0 Å².